The number of halogens is 2. The molecule has 0 saturated heterocycles. The number of nitrogens with one attached hydrogen (secondary N) is 1. The smallest absolute Gasteiger partial charge is 0.233 e. The first kappa shape index (κ1) is 24.0. The number of thioether (sulfide) groups is 1. The molecule has 0 unspecified atom stereocenters. The van der Waals surface area contributed by atoms with Crippen LogP contribution < -0.4 is 5.32 Å². The monoisotopic (exact) mass is 493 g/mol. The van der Waals surface area contributed by atoms with Crippen molar-refractivity contribution in [1.29, 1.82) is 0 Å². The second-order valence-electron chi connectivity index (χ2n) is 8.10. The van der Waals surface area contributed by atoms with Crippen LogP contribution in [0.25, 0.3) is 16.9 Å². The Balaban J connectivity index is 1.61. The van der Waals surface area contributed by atoms with E-state index in [-0.39, 0.29) is 17.8 Å². The highest BCUT2D eigenvalue weighted by Gasteiger charge is 2.22. The summed E-state index contributed by atoms with van der Waals surface area (Å²) in [5.41, 5.74) is 4.84. The summed E-state index contributed by atoms with van der Waals surface area (Å²) in [4.78, 5) is 17.6. The molecule has 4 nitrogen and oxygen atoms in total. The number of aryl methyl sites for hydroxylation is 1. The van der Waals surface area contributed by atoms with E-state index in [1.165, 1.54) is 23.9 Å². The van der Waals surface area contributed by atoms with Crippen LogP contribution >= 0.6 is 23.4 Å². The molecule has 0 bridgehead atoms. The molecule has 174 valence electrons. The summed E-state index contributed by atoms with van der Waals surface area (Å²) in [6.45, 7) is 5.79. The fourth-order valence-electron chi connectivity index (χ4n) is 3.67. The van der Waals surface area contributed by atoms with E-state index in [2.05, 4.69) is 27.9 Å². The number of amides is 1. The van der Waals surface area contributed by atoms with Crippen molar-refractivity contribution < 1.29 is 9.18 Å². The molecule has 7 heteroatoms. The summed E-state index contributed by atoms with van der Waals surface area (Å²) in [5, 5.41) is 4.01. The summed E-state index contributed by atoms with van der Waals surface area (Å²) in [5.74, 6) is -0.417. The quantitative estimate of drug-likeness (QED) is 0.282. The number of imidazole rings is 1. The average Bonchev–Trinajstić information content (AvgIpc) is 3.23. The van der Waals surface area contributed by atoms with Crippen LogP contribution in [0.1, 0.15) is 31.0 Å². The minimum atomic E-state index is -0.397. The van der Waals surface area contributed by atoms with E-state index >= 15 is 0 Å². The zero-order chi connectivity index (χ0) is 24.2. The first-order chi connectivity index (χ1) is 16.3. The van der Waals surface area contributed by atoms with Gasteiger partial charge >= 0.3 is 0 Å². The van der Waals surface area contributed by atoms with E-state index in [1.807, 2.05) is 62.5 Å². The van der Waals surface area contributed by atoms with Crippen LogP contribution in [0.2, 0.25) is 5.02 Å². The van der Waals surface area contributed by atoms with Gasteiger partial charge in [-0.15, -0.1) is 0 Å². The Morgan fingerprint density at radius 1 is 1.03 bits per heavy atom. The second-order valence-corrected chi connectivity index (χ2v) is 9.84. The maximum absolute atomic E-state index is 13.2. The molecule has 0 fully saturated rings. The topological polar surface area (TPSA) is 46.9 Å². The molecule has 1 aromatic heterocycles. The van der Waals surface area contributed by atoms with Gasteiger partial charge in [-0.3, -0.25) is 9.36 Å². The second kappa shape index (κ2) is 10.5. The van der Waals surface area contributed by atoms with Gasteiger partial charge in [-0.1, -0.05) is 65.8 Å². The summed E-state index contributed by atoms with van der Waals surface area (Å²) < 4.78 is 15.3. The highest BCUT2D eigenvalue weighted by Crippen LogP contribution is 2.33. The number of carbonyl (C=O) groups is 1. The minimum absolute atomic E-state index is 0.116. The highest BCUT2D eigenvalue weighted by molar-refractivity contribution is 8.00. The van der Waals surface area contributed by atoms with E-state index in [1.54, 1.807) is 12.1 Å². The largest absolute Gasteiger partial charge is 0.349 e. The van der Waals surface area contributed by atoms with E-state index in [0.717, 1.165) is 33.2 Å². The van der Waals surface area contributed by atoms with Crippen molar-refractivity contribution in [3.05, 3.63) is 101 Å². The lowest BCUT2D eigenvalue weighted by Gasteiger charge is -2.19. The molecule has 1 N–H and O–H groups in total. The molecular weight excluding hydrogens is 469 g/mol. The fourth-order valence-corrected chi connectivity index (χ4v) is 4.70. The molecule has 1 amide bonds. The Labute approximate surface area is 208 Å². The molecule has 4 rings (SSSR count). The zero-order valence-electron chi connectivity index (χ0n) is 19.1. The molecule has 0 saturated carbocycles. The number of benzene rings is 3. The Hall–Kier alpha value is -3.09. The Morgan fingerprint density at radius 2 is 1.71 bits per heavy atom. The van der Waals surface area contributed by atoms with Crippen LogP contribution in [0.5, 0.6) is 0 Å². The van der Waals surface area contributed by atoms with Gasteiger partial charge in [0.15, 0.2) is 5.16 Å². The number of para-hydroxylation sites is 1. The molecule has 4 aromatic rings. The number of rotatable bonds is 7. The maximum atomic E-state index is 13.2. The van der Waals surface area contributed by atoms with Crippen LogP contribution in [-0.4, -0.2) is 20.7 Å². The number of aromatic nitrogens is 2. The van der Waals surface area contributed by atoms with Gasteiger partial charge in [0.2, 0.25) is 5.91 Å². The van der Waals surface area contributed by atoms with Gasteiger partial charge in [-0.05, 0) is 62.2 Å². The maximum Gasteiger partial charge on any atom is 0.233 e. The summed E-state index contributed by atoms with van der Waals surface area (Å²) >= 11 is 7.49. The minimum Gasteiger partial charge on any atom is -0.349 e. The number of carbonyl (C=O) groups excluding carboxylic acids is 1. The zero-order valence-corrected chi connectivity index (χ0v) is 20.7. The molecular formula is C27H25ClFN3OS. The lowest BCUT2D eigenvalue weighted by atomic mass is 10.1. The van der Waals surface area contributed by atoms with Crippen molar-refractivity contribution in [2.24, 2.45) is 0 Å². The van der Waals surface area contributed by atoms with E-state index in [4.69, 9.17) is 11.6 Å². The Bertz CT molecular complexity index is 1290. The molecule has 0 radical (unpaired) electrons. The van der Waals surface area contributed by atoms with Gasteiger partial charge in [-0.2, -0.15) is 0 Å². The molecule has 0 spiro atoms. The third-order valence-corrected chi connectivity index (χ3v) is 6.92. The first-order valence-corrected chi connectivity index (χ1v) is 12.2. The summed E-state index contributed by atoms with van der Waals surface area (Å²) in [6.07, 6.45) is 1.82. The van der Waals surface area contributed by atoms with Gasteiger partial charge in [0, 0.05) is 10.6 Å². The van der Waals surface area contributed by atoms with Crippen LogP contribution in [0.4, 0.5) is 4.39 Å². The molecule has 0 aliphatic carbocycles. The van der Waals surface area contributed by atoms with Crippen molar-refractivity contribution in [2.45, 2.75) is 37.2 Å². The van der Waals surface area contributed by atoms with E-state index in [0.29, 0.717) is 5.02 Å². The van der Waals surface area contributed by atoms with Gasteiger partial charge in [0.05, 0.1) is 28.9 Å². The third-order valence-electron chi connectivity index (χ3n) is 5.61. The van der Waals surface area contributed by atoms with Crippen LogP contribution in [0.3, 0.4) is 0 Å². The predicted octanol–water partition coefficient (Wildman–Crippen LogP) is 7.00. The molecule has 34 heavy (non-hydrogen) atoms. The van der Waals surface area contributed by atoms with Crippen LogP contribution in [0.15, 0.2) is 84.1 Å². The number of nitrogens with zero attached hydrogens (tertiary/aromatic N) is 2. The van der Waals surface area contributed by atoms with Gasteiger partial charge in [0.1, 0.15) is 5.82 Å². The lowest BCUT2D eigenvalue weighted by Crippen LogP contribution is -2.33. The third kappa shape index (κ3) is 5.34. The lowest BCUT2D eigenvalue weighted by molar-refractivity contribution is -0.120. The predicted molar refractivity (Wildman–Crippen MR) is 137 cm³/mol. The molecule has 0 aliphatic heterocycles. The number of hydrogen-bond acceptors (Lipinski definition) is 3. The van der Waals surface area contributed by atoms with Crippen LogP contribution in [0, 0.1) is 12.7 Å². The average molecular weight is 494 g/mol. The normalized spacial score (nSPS) is 12.9. The van der Waals surface area contributed by atoms with Gasteiger partial charge in [-0.25, -0.2) is 9.37 Å². The van der Waals surface area contributed by atoms with Crippen LogP contribution in [-0.2, 0) is 4.79 Å². The van der Waals surface area contributed by atoms with Crippen molar-refractivity contribution in [2.75, 3.05) is 0 Å². The highest BCUT2D eigenvalue weighted by atomic mass is 35.5. The molecule has 1 heterocycles. The van der Waals surface area contributed by atoms with Gasteiger partial charge in [0.25, 0.3) is 0 Å². The van der Waals surface area contributed by atoms with Crippen molar-refractivity contribution in [3.63, 3.8) is 0 Å². The summed E-state index contributed by atoms with van der Waals surface area (Å²) in [6, 6.07) is 21.6. The van der Waals surface area contributed by atoms with E-state index < -0.39 is 5.25 Å². The van der Waals surface area contributed by atoms with Crippen molar-refractivity contribution in [1.82, 2.24) is 14.9 Å². The standard InChI is InChI=1S/C27H25ClFN3OS/c1-17-6-4-5-7-24(17)32-25(21-8-12-22(28)13-9-21)16-30-27(32)34-19(3)26(33)31-18(2)20-10-14-23(29)15-11-20/h4-16,18-19H,1-3H3,(H,31,33)/t18-,19+/m1/s1. The SMILES string of the molecule is Cc1ccccc1-n1c(-c2ccc(Cl)cc2)cnc1S[C@@H](C)C(=O)N[C@H](C)c1ccc(F)cc1. The Morgan fingerprint density at radius 3 is 2.38 bits per heavy atom. The molecule has 0 aliphatic rings. The number of hydrogen-bond donors (Lipinski definition) is 1. The van der Waals surface area contributed by atoms with Crippen molar-refractivity contribution in [3.8, 4) is 16.9 Å². The molecule has 3 aromatic carbocycles. The Kier molecular flexibility index (Phi) is 7.39. The first-order valence-electron chi connectivity index (χ1n) is 11.0. The summed E-state index contributed by atoms with van der Waals surface area (Å²) in [7, 11) is 0. The van der Waals surface area contributed by atoms with E-state index in [9.17, 15) is 9.18 Å². The molecule has 2 atom stereocenters. The van der Waals surface area contributed by atoms with Gasteiger partial charge < -0.3 is 5.32 Å². The van der Waals surface area contributed by atoms with Crippen molar-refractivity contribution >= 4 is 29.3 Å². The fraction of sp³-hybridized carbons (Fsp3) is 0.185.